The summed E-state index contributed by atoms with van der Waals surface area (Å²) in [6.07, 6.45) is 2.53. The molecule has 1 radical (unpaired) electrons. The minimum absolute atomic E-state index is 0.659. The zero-order chi connectivity index (χ0) is 8.81. The standard InChI is InChI=1S/C9H17N2O/c1-10-5-7-11(8-6-10)4-2-3-9-12/h4,9H,2-3,5-8H2,1H3. The lowest BCUT2D eigenvalue weighted by Crippen LogP contribution is -2.43. The number of rotatable bonds is 4. The summed E-state index contributed by atoms with van der Waals surface area (Å²) >= 11 is 0. The molecule has 1 aliphatic rings. The molecule has 1 fully saturated rings. The molecule has 0 aliphatic carbocycles. The SMILES string of the molecule is CN1CCN([CH]CCC=O)CC1. The molecule has 69 valence electrons. The highest BCUT2D eigenvalue weighted by molar-refractivity contribution is 5.49. The molecule has 12 heavy (non-hydrogen) atoms. The van der Waals surface area contributed by atoms with E-state index in [0.29, 0.717) is 6.42 Å². The van der Waals surface area contributed by atoms with Gasteiger partial charge in [-0.2, -0.15) is 0 Å². The highest BCUT2D eigenvalue weighted by Crippen LogP contribution is 2.04. The molecule has 1 heterocycles. The first kappa shape index (κ1) is 9.68. The van der Waals surface area contributed by atoms with E-state index in [-0.39, 0.29) is 0 Å². The summed E-state index contributed by atoms with van der Waals surface area (Å²) in [4.78, 5) is 14.7. The Hall–Kier alpha value is -0.410. The Morgan fingerprint density at radius 3 is 2.42 bits per heavy atom. The van der Waals surface area contributed by atoms with Crippen LogP contribution in [0.1, 0.15) is 12.8 Å². The van der Waals surface area contributed by atoms with E-state index in [9.17, 15) is 4.79 Å². The summed E-state index contributed by atoms with van der Waals surface area (Å²) in [5.74, 6) is 0. The first-order valence-corrected chi connectivity index (χ1v) is 4.52. The first-order chi connectivity index (χ1) is 5.83. The molecule has 3 heteroatoms. The van der Waals surface area contributed by atoms with Crippen molar-refractivity contribution in [3.63, 3.8) is 0 Å². The average Bonchev–Trinajstić information content (AvgIpc) is 2.09. The van der Waals surface area contributed by atoms with E-state index in [1.807, 2.05) is 0 Å². The molecule has 1 aliphatic heterocycles. The van der Waals surface area contributed by atoms with Gasteiger partial charge in [0.1, 0.15) is 6.29 Å². The van der Waals surface area contributed by atoms with Gasteiger partial charge in [-0.25, -0.2) is 0 Å². The van der Waals surface area contributed by atoms with Crippen LogP contribution in [0.3, 0.4) is 0 Å². The third-order valence-electron chi connectivity index (χ3n) is 2.21. The Morgan fingerprint density at radius 1 is 1.17 bits per heavy atom. The fraction of sp³-hybridized carbons (Fsp3) is 0.778. The number of aldehydes is 1. The van der Waals surface area contributed by atoms with Crippen LogP contribution in [-0.4, -0.2) is 49.3 Å². The van der Waals surface area contributed by atoms with Gasteiger partial charge < -0.3 is 9.69 Å². The van der Waals surface area contributed by atoms with Gasteiger partial charge in [0.05, 0.1) is 0 Å². The van der Waals surface area contributed by atoms with Crippen molar-refractivity contribution < 1.29 is 4.79 Å². The molecule has 0 unspecified atom stereocenters. The second-order valence-electron chi connectivity index (χ2n) is 3.27. The van der Waals surface area contributed by atoms with Crippen LogP contribution in [0.4, 0.5) is 0 Å². The Bertz CT molecular complexity index is 130. The van der Waals surface area contributed by atoms with Gasteiger partial charge in [0.2, 0.25) is 0 Å². The zero-order valence-electron chi connectivity index (χ0n) is 7.70. The van der Waals surface area contributed by atoms with E-state index in [4.69, 9.17) is 0 Å². The molecule has 0 spiro atoms. The summed E-state index contributed by atoms with van der Waals surface area (Å²) < 4.78 is 0. The molecule has 1 saturated heterocycles. The van der Waals surface area contributed by atoms with Gasteiger partial charge in [0, 0.05) is 39.1 Å². The van der Waals surface area contributed by atoms with Gasteiger partial charge in [-0.3, -0.25) is 4.90 Å². The molecular formula is C9H17N2O. The number of nitrogens with zero attached hydrogens (tertiary/aromatic N) is 2. The van der Waals surface area contributed by atoms with E-state index in [1.54, 1.807) is 0 Å². The van der Waals surface area contributed by atoms with Crippen LogP contribution < -0.4 is 0 Å². The summed E-state index contributed by atoms with van der Waals surface area (Å²) in [6, 6.07) is 0. The molecule has 1 rings (SSSR count). The van der Waals surface area contributed by atoms with Gasteiger partial charge in [-0.1, -0.05) is 0 Å². The van der Waals surface area contributed by atoms with E-state index >= 15 is 0 Å². The van der Waals surface area contributed by atoms with Crippen molar-refractivity contribution in [1.82, 2.24) is 9.80 Å². The topological polar surface area (TPSA) is 23.6 Å². The average molecular weight is 169 g/mol. The van der Waals surface area contributed by atoms with Crippen LogP contribution in [0.15, 0.2) is 0 Å². The monoisotopic (exact) mass is 169 g/mol. The van der Waals surface area contributed by atoms with Crippen LogP contribution in [0.25, 0.3) is 0 Å². The van der Waals surface area contributed by atoms with Crippen molar-refractivity contribution in [3.8, 4) is 0 Å². The fourth-order valence-electron chi connectivity index (χ4n) is 1.33. The van der Waals surface area contributed by atoms with Crippen molar-refractivity contribution in [2.75, 3.05) is 33.2 Å². The quantitative estimate of drug-likeness (QED) is 0.449. The van der Waals surface area contributed by atoms with Gasteiger partial charge in [-0.05, 0) is 13.5 Å². The predicted octanol–water partition coefficient (Wildman–Crippen LogP) is 0.375. The second kappa shape index (κ2) is 5.27. The van der Waals surface area contributed by atoms with E-state index in [1.165, 1.54) is 0 Å². The summed E-state index contributed by atoms with van der Waals surface area (Å²) in [5, 5.41) is 0. The van der Waals surface area contributed by atoms with Crippen molar-refractivity contribution in [1.29, 1.82) is 0 Å². The van der Waals surface area contributed by atoms with Crippen molar-refractivity contribution in [2.45, 2.75) is 12.8 Å². The molecule has 0 amide bonds. The zero-order valence-corrected chi connectivity index (χ0v) is 7.70. The van der Waals surface area contributed by atoms with Crippen molar-refractivity contribution in [3.05, 3.63) is 6.54 Å². The number of hydrogen-bond acceptors (Lipinski definition) is 3. The maximum absolute atomic E-state index is 10.1. The van der Waals surface area contributed by atoms with Crippen LogP contribution in [0.5, 0.6) is 0 Å². The predicted molar refractivity (Wildman–Crippen MR) is 48.7 cm³/mol. The number of unbranched alkanes of at least 4 members (excludes halogenated alkanes) is 1. The fourth-order valence-corrected chi connectivity index (χ4v) is 1.33. The van der Waals surface area contributed by atoms with Crippen LogP contribution in [-0.2, 0) is 4.79 Å². The molecular weight excluding hydrogens is 152 g/mol. The summed E-state index contributed by atoms with van der Waals surface area (Å²) in [6.45, 7) is 6.64. The van der Waals surface area contributed by atoms with E-state index < -0.39 is 0 Å². The lowest BCUT2D eigenvalue weighted by Gasteiger charge is -2.31. The van der Waals surface area contributed by atoms with Gasteiger partial charge in [-0.15, -0.1) is 0 Å². The molecule has 0 bridgehead atoms. The molecule has 3 nitrogen and oxygen atoms in total. The Labute approximate surface area is 74.3 Å². The first-order valence-electron chi connectivity index (χ1n) is 4.52. The lowest BCUT2D eigenvalue weighted by molar-refractivity contribution is -0.107. The number of piperazine rings is 1. The molecule has 0 aromatic rings. The van der Waals surface area contributed by atoms with Crippen molar-refractivity contribution >= 4 is 6.29 Å². The molecule has 0 atom stereocenters. The van der Waals surface area contributed by atoms with Gasteiger partial charge in [0.25, 0.3) is 0 Å². The maximum atomic E-state index is 10.1. The normalized spacial score (nSPS) is 21.1. The van der Waals surface area contributed by atoms with Crippen molar-refractivity contribution in [2.24, 2.45) is 0 Å². The van der Waals surface area contributed by atoms with E-state index in [2.05, 4.69) is 23.4 Å². The number of hydrogen-bond donors (Lipinski definition) is 0. The third kappa shape index (κ3) is 3.32. The number of carbonyl (C=O) groups excluding carboxylic acids is 1. The smallest absolute Gasteiger partial charge is 0.120 e. The Kier molecular flexibility index (Phi) is 4.25. The van der Waals surface area contributed by atoms with Crippen LogP contribution in [0, 0.1) is 6.54 Å². The summed E-state index contributed by atoms with van der Waals surface area (Å²) in [5.41, 5.74) is 0. The maximum Gasteiger partial charge on any atom is 0.120 e. The highest BCUT2D eigenvalue weighted by atomic mass is 16.1. The van der Waals surface area contributed by atoms with Gasteiger partial charge in [0.15, 0.2) is 0 Å². The largest absolute Gasteiger partial charge is 0.304 e. The number of likely N-dealkylation sites (N-methyl/N-ethyl adjacent to an activating group) is 1. The third-order valence-corrected chi connectivity index (χ3v) is 2.21. The molecule has 0 aromatic heterocycles. The van der Waals surface area contributed by atoms with Crippen LogP contribution in [0.2, 0.25) is 0 Å². The summed E-state index contributed by atoms with van der Waals surface area (Å²) in [7, 11) is 2.14. The lowest BCUT2D eigenvalue weighted by atomic mass is 10.2. The second-order valence-corrected chi connectivity index (χ2v) is 3.27. The molecule has 0 N–H and O–H groups in total. The number of carbonyl (C=O) groups is 1. The van der Waals surface area contributed by atoms with E-state index in [0.717, 1.165) is 38.9 Å². The highest BCUT2D eigenvalue weighted by Gasteiger charge is 2.12. The van der Waals surface area contributed by atoms with Gasteiger partial charge >= 0.3 is 0 Å². The minimum atomic E-state index is 0.659. The molecule has 0 aromatic carbocycles. The Balaban J connectivity index is 2.05. The minimum Gasteiger partial charge on any atom is -0.304 e. The van der Waals surface area contributed by atoms with Crippen LogP contribution >= 0.6 is 0 Å². The Morgan fingerprint density at radius 2 is 1.83 bits per heavy atom. The molecule has 0 saturated carbocycles.